The van der Waals surface area contributed by atoms with Crippen molar-refractivity contribution in [1.82, 2.24) is 5.32 Å². The Morgan fingerprint density at radius 1 is 1.38 bits per heavy atom. The van der Waals surface area contributed by atoms with E-state index in [4.69, 9.17) is 4.74 Å². The zero-order chi connectivity index (χ0) is 16.2. The molecule has 0 bridgehead atoms. The van der Waals surface area contributed by atoms with E-state index in [2.05, 4.69) is 27.9 Å². The summed E-state index contributed by atoms with van der Waals surface area (Å²) in [5.74, 6) is -1.20. The van der Waals surface area contributed by atoms with Gasteiger partial charge in [0.2, 0.25) is 0 Å². The molecule has 0 heterocycles. The number of aromatic hydroxyl groups is 1. The number of aliphatic carboxylic acids is 1. The van der Waals surface area contributed by atoms with Crippen molar-refractivity contribution in [2.75, 3.05) is 0 Å². The number of amides is 1. The van der Waals surface area contributed by atoms with Crippen molar-refractivity contribution in [2.24, 2.45) is 0 Å². The summed E-state index contributed by atoms with van der Waals surface area (Å²) < 4.78 is 5.90. The average Bonchev–Trinajstić information content (AvgIpc) is 2.30. The smallest absolute Gasteiger partial charge is 0.408 e. The van der Waals surface area contributed by atoms with E-state index in [9.17, 15) is 19.8 Å². The summed E-state index contributed by atoms with van der Waals surface area (Å²) in [4.78, 5) is 22.9. The maximum absolute atomic E-state index is 11.7. The van der Waals surface area contributed by atoms with E-state index in [1.807, 2.05) is 0 Å². The molecule has 0 fully saturated rings. The zero-order valence-electron chi connectivity index (χ0n) is 12.0. The molecule has 1 aromatic rings. The number of nitrogens with one attached hydrogen (secondary N) is 1. The first-order valence-electron chi connectivity index (χ1n) is 6.28. The topological polar surface area (TPSA) is 95.9 Å². The summed E-state index contributed by atoms with van der Waals surface area (Å²) >= 11 is 2.06. The lowest BCUT2D eigenvalue weighted by atomic mass is 10.1. The van der Waals surface area contributed by atoms with Crippen LogP contribution in [0.25, 0.3) is 0 Å². The molecule has 0 saturated carbocycles. The molecule has 1 amide bonds. The highest BCUT2D eigenvalue weighted by Crippen LogP contribution is 2.21. The summed E-state index contributed by atoms with van der Waals surface area (Å²) in [6, 6.07) is 3.69. The fraction of sp³-hybridized carbons (Fsp3) is 0.429. The second-order valence-electron chi connectivity index (χ2n) is 5.51. The van der Waals surface area contributed by atoms with Crippen molar-refractivity contribution in [3.05, 3.63) is 27.3 Å². The van der Waals surface area contributed by atoms with Crippen molar-refractivity contribution < 1.29 is 24.5 Å². The predicted octanol–water partition coefficient (Wildman–Crippen LogP) is 2.52. The monoisotopic (exact) mass is 407 g/mol. The summed E-state index contributed by atoms with van der Waals surface area (Å²) in [7, 11) is 0. The molecular weight excluding hydrogens is 389 g/mol. The Labute approximate surface area is 136 Å². The normalized spacial score (nSPS) is 12.6. The Hall–Kier alpha value is -1.51. The molecule has 1 unspecified atom stereocenters. The van der Waals surface area contributed by atoms with Crippen LogP contribution in [0.4, 0.5) is 4.79 Å². The van der Waals surface area contributed by atoms with Crippen molar-refractivity contribution in [1.29, 1.82) is 0 Å². The molecule has 0 aliphatic carbocycles. The third-order valence-corrected chi connectivity index (χ3v) is 3.13. The molecule has 116 valence electrons. The van der Waals surface area contributed by atoms with Gasteiger partial charge in [0, 0.05) is 9.99 Å². The Bertz CT molecular complexity index is 539. The van der Waals surface area contributed by atoms with Crippen LogP contribution in [0.2, 0.25) is 0 Å². The van der Waals surface area contributed by atoms with Crippen LogP contribution in [0.5, 0.6) is 5.75 Å². The number of carboxylic acid groups (broad SMARTS) is 1. The zero-order valence-corrected chi connectivity index (χ0v) is 14.2. The average molecular weight is 407 g/mol. The van der Waals surface area contributed by atoms with Gasteiger partial charge in [-0.3, -0.25) is 0 Å². The number of ether oxygens (including phenoxy) is 1. The van der Waals surface area contributed by atoms with Crippen molar-refractivity contribution >= 4 is 34.7 Å². The summed E-state index contributed by atoms with van der Waals surface area (Å²) in [6.07, 6.45) is -0.836. The van der Waals surface area contributed by atoms with E-state index in [0.717, 1.165) is 3.57 Å². The standard InChI is InChI=1S/C14H18INO5/c1-14(2,3)21-13(20)16-10(12(18)19)7-8-6-9(15)4-5-11(8)17/h4-6,10,17H,7H2,1-3H3,(H,16,20)(H,18,19). The van der Waals surface area contributed by atoms with E-state index in [1.54, 1.807) is 32.9 Å². The van der Waals surface area contributed by atoms with E-state index < -0.39 is 23.7 Å². The molecule has 1 atom stereocenters. The maximum atomic E-state index is 11.7. The minimum Gasteiger partial charge on any atom is -0.508 e. The lowest BCUT2D eigenvalue weighted by molar-refractivity contribution is -0.139. The molecule has 1 rings (SSSR count). The summed E-state index contributed by atoms with van der Waals surface area (Å²) in [5, 5.41) is 21.2. The number of benzene rings is 1. The largest absolute Gasteiger partial charge is 0.508 e. The highest BCUT2D eigenvalue weighted by Gasteiger charge is 2.25. The number of rotatable bonds is 4. The number of carboxylic acids is 1. The van der Waals surface area contributed by atoms with Crippen LogP contribution in [0, 0.1) is 3.57 Å². The fourth-order valence-corrected chi connectivity index (χ4v) is 2.14. The highest BCUT2D eigenvalue weighted by atomic mass is 127. The van der Waals surface area contributed by atoms with Crippen LogP contribution in [0.3, 0.4) is 0 Å². The van der Waals surface area contributed by atoms with Gasteiger partial charge >= 0.3 is 12.1 Å². The van der Waals surface area contributed by atoms with Gasteiger partial charge in [0.15, 0.2) is 0 Å². The predicted molar refractivity (Wildman–Crippen MR) is 85.3 cm³/mol. The number of hydrogen-bond acceptors (Lipinski definition) is 4. The molecule has 0 spiro atoms. The number of halogens is 1. The van der Waals surface area contributed by atoms with Crippen LogP contribution in [-0.2, 0) is 16.0 Å². The first-order chi connectivity index (χ1) is 9.58. The van der Waals surface area contributed by atoms with Crippen LogP contribution in [-0.4, -0.2) is 33.9 Å². The van der Waals surface area contributed by atoms with Crippen molar-refractivity contribution in [3.8, 4) is 5.75 Å². The van der Waals surface area contributed by atoms with Crippen molar-refractivity contribution in [3.63, 3.8) is 0 Å². The van der Waals surface area contributed by atoms with E-state index in [-0.39, 0.29) is 12.2 Å². The summed E-state index contributed by atoms with van der Waals surface area (Å²) in [6.45, 7) is 5.06. The van der Waals surface area contributed by atoms with Crippen molar-refractivity contribution in [2.45, 2.75) is 38.8 Å². The highest BCUT2D eigenvalue weighted by molar-refractivity contribution is 14.1. The van der Waals surface area contributed by atoms with Crippen LogP contribution in [0.15, 0.2) is 18.2 Å². The van der Waals surface area contributed by atoms with Gasteiger partial charge in [-0.05, 0) is 67.1 Å². The van der Waals surface area contributed by atoms with Gasteiger partial charge in [0.25, 0.3) is 0 Å². The lowest BCUT2D eigenvalue weighted by Crippen LogP contribution is -2.44. The van der Waals surface area contributed by atoms with Gasteiger partial charge in [0.1, 0.15) is 17.4 Å². The molecule has 0 aliphatic heterocycles. The van der Waals surface area contributed by atoms with Gasteiger partial charge < -0.3 is 20.3 Å². The second kappa shape index (κ2) is 6.97. The quantitative estimate of drug-likeness (QED) is 0.667. The van der Waals surface area contributed by atoms with Crippen LogP contribution < -0.4 is 5.32 Å². The molecule has 21 heavy (non-hydrogen) atoms. The van der Waals surface area contributed by atoms with Gasteiger partial charge in [-0.1, -0.05) is 0 Å². The third kappa shape index (κ3) is 6.19. The maximum Gasteiger partial charge on any atom is 0.408 e. The molecule has 6 nitrogen and oxygen atoms in total. The number of carbonyl (C=O) groups excluding carboxylic acids is 1. The number of phenols is 1. The number of hydrogen-bond donors (Lipinski definition) is 3. The molecule has 0 radical (unpaired) electrons. The first kappa shape index (κ1) is 17.5. The SMILES string of the molecule is CC(C)(C)OC(=O)NC(Cc1cc(I)ccc1O)C(=O)O. The Kier molecular flexibility index (Phi) is 5.82. The van der Waals surface area contributed by atoms with E-state index >= 15 is 0 Å². The Balaban J connectivity index is 2.81. The Morgan fingerprint density at radius 2 is 2.00 bits per heavy atom. The Morgan fingerprint density at radius 3 is 2.52 bits per heavy atom. The molecule has 1 aromatic carbocycles. The number of alkyl carbamates (subject to hydrolysis) is 1. The molecular formula is C14H18INO5. The molecule has 7 heteroatoms. The minimum absolute atomic E-state index is 0.00680. The molecule has 0 saturated heterocycles. The fourth-order valence-electron chi connectivity index (χ4n) is 1.59. The van der Waals surface area contributed by atoms with Gasteiger partial charge in [-0.2, -0.15) is 0 Å². The first-order valence-corrected chi connectivity index (χ1v) is 7.36. The summed E-state index contributed by atoms with van der Waals surface area (Å²) in [5.41, 5.74) is -0.262. The second-order valence-corrected chi connectivity index (χ2v) is 6.76. The minimum atomic E-state index is -1.20. The lowest BCUT2D eigenvalue weighted by Gasteiger charge is -2.22. The molecule has 0 aliphatic rings. The van der Waals surface area contributed by atoms with Crippen LogP contribution in [0.1, 0.15) is 26.3 Å². The van der Waals surface area contributed by atoms with Crippen LogP contribution >= 0.6 is 22.6 Å². The molecule has 3 N–H and O–H groups in total. The third-order valence-electron chi connectivity index (χ3n) is 2.45. The van der Waals surface area contributed by atoms with E-state index in [1.165, 1.54) is 6.07 Å². The van der Waals surface area contributed by atoms with E-state index in [0.29, 0.717) is 5.56 Å². The van der Waals surface area contributed by atoms with Gasteiger partial charge in [-0.25, -0.2) is 9.59 Å². The number of carbonyl (C=O) groups is 2. The molecule has 0 aromatic heterocycles. The number of phenolic OH excluding ortho intramolecular Hbond substituents is 1. The van der Waals surface area contributed by atoms with Gasteiger partial charge in [-0.15, -0.1) is 0 Å². The van der Waals surface area contributed by atoms with Gasteiger partial charge in [0.05, 0.1) is 0 Å².